The maximum Gasteiger partial charge on any atom is 0.405 e. The van der Waals surface area contributed by atoms with Crippen LogP contribution in [0.25, 0.3) is 0 Å². The van der Waals surface area contributed by atoms with Crippen molar-refractivity contribution in [3.8, 4) is 0 Å². The number of rotatable bonds is 4. The number of nitrogen functional groups attached to an aromatic ring is 1. The molecule has 0 unspecified atom stereocenters. The number of aryl methyl sites for hydroxylation is 2. The summed E-state index contributed by atoms with van der Waals surface area (Å²) >= 11 is 0. The van der Waals surface area contributed by atoms with Gasteiger partial charge in [-0.15, -0.1) is 0 Å². The Hall–Kier alpha value is -1.44. The molecule has 0 spiro atoms. The highest BCUT2D eigenvalue weighted by molar-refractivity contribution is 5.66. The number of hydrogen-bond acceptors (Lipinski definition) is 4. The molecular formula is C9H15F3N4O. The molecule has 0 saturated carbocycles. The average molecular weight is 252 g/mol. The lowest BCUT2D eigenvalue weighted by atomic mass is 10.3. The first kappa shape index (κ1) is 13.6. The van der Waals surface area contributed by atoms with Crippen LogP contribution in [0.1, 0.15) is 5.69 Å². The smallest absolute Gasteiger partial charge is 0.395 e. The van der Waals surface area contributed by atoms with Gasteiger partial charge in [-0.1, -0.05) is 0 Å². The van der Waals surface area contributed by atoms with Crippen molar-refractivity contribution in [3.63, 3.8) is 0 Å². The summed E-state index contributed by atoms with van der Waals surface area (Å²) in [6.45, 7) is -0.0945. The van der Waals surface area contributed by atoms with Gasteiger partial charge in [-0.25, -0.2) is 0 Å². The molecule has 1 aromatic rings. The maximum absolute atomic E-state index is 12.4. The largest absolute Gasteiger partial charge is 0.405 e. The van der Waals surface area contributed by atoms with Gasteiger partial charge in [0.25, 0.3) is 0 Å². The van der Waals surface area contributed by atoms with Crippen molar-refractivity contribution in [3.05, 3.63) is 5.69 Å². The normalized spacial score (nSPS) is 11.9. The first-order valence-electron chi connectivity index (χ1n) is 4.98. The van der Waals surface area contributed by atoms with Crippen LogP contribution in [0.15, 0.2) is 0 Å². The van der Waals surface area contributed by atoms with Gasteiger partial charge in [0.1, 0.15) is 6.54 Å². The summed E-state index contributed by atoms with van der Waals surface area (Å²) in [6, 6.07) is 0. The van der Waals surface area contributed by atoms with E-state index in [0.717, 1.165) is 4.90 Å². The van der Waals surface area contributed by atoms with Crippen LogP contribution in [0.2, 0.25) is 0 Å². The van der Waals surface area contributed by atoms with Gasteiger partial charge in [0.15, 0.2) is 5.82 Å². The zero-order valence-electron chi connectivity index (χ0n) is 9.62. The van der Waals surface area contributed by atoms with Crippen LogP contribution in [-0.4, -0.2) is 40.8 Å². The van der Waals surface area contributed by atoms with Crippen LogP contribution in [0.3, 0.4) is 0 Å². The lowest BCUT2D eigenvalue weighted by Gasteiger charge is -2.25. The minimum atomic E-state index is -4.36. The molecule has 0 aromatic carbocycles. The molecule has 0 radical (unpaired) electrons. The zero-order chi connectivity index (χ0) is 13.2. The Balaban J connectivity index is 3.05. The van der Waals surface area contributed by atoms with Gasteiger partial charge in [0, 0.05) is 13.6 Å². The summed E-state index contributed by atoms with van der Waals surface area (Å²) in [5.41, 5.74) is 6.34. The molecule has 98 valence electrons. The minimum absolute atomic E-state index is 0.150. The number of aliphatic hydroxyl groups is 1. The van der Waals surface area contributed by atoms with Gasteiger partial charge in [-0.3, -0.25) is 4.68 Å². The second kappa shape index (κ2) is 4.82. The molecule has 0 aliphatic rings. The molecule has 0 bridgehead atoms. The van der Waals surface area contributed by atoms with E-state index in [4.69, 9.17) is 10.8 Å². The number of nitrogens with two attached hydrogens (primary N) is 1. The number of aliphatic hydroxyl groups excluding tert-OH is 1. The predicted molar refractivity (Wildman–Crippen MR) is 57.7 cm³/mol. The van der Waals surface area contributed by atoms with Gasteiger partial charge in [-0.2, -0.15) is 18.3 Å². The molecule has 0 fully saturated rings. The number of nitrogens with zero attached hydrogens (tertiary/aromatic N) is 3. The monoisotopic (exact) mass is 252 g/mol. The van der Waals surface area contributed by atoms with Crippen molar-refractivity contribution in [2.24, 2.45) is 7.05 Å². The highest BCUT2D eigenvalue weighted by Crippen LogP contribution is 2.28. The third kappa shape index (κ3) is 3.26. The first-order chi connectivity index (χ1) is 7.76. The average Bonchev–Trinajstić information content (AvgIpc) is 2.38. The van der Waals surface area contributed by atoms with E-state index in [9.17, 15) is 13.2 Å². The molecule has 0 atom stereocenters. The Morgan fingerprint density at radius 1 is 1.47 bits per heavy atom. The quantitative estimate of drug-likeness (QED) is 0.826. The van der Waals surface area contributed by atoms with Gasteiger partial charge in [0.2, 0.25) is 0 Å². The number of aromatic nitrogens is 2. The minimum Gasteiger partial charge on any atom is -0.395 e. The van der Waals surface area contributed by atoms with Crippen molar-refractivity contribution in [2.75, 3.05) is 30.3 Å². The summed E-state index contributed by atoms with van der Waals surface area (Å²) in [4.78, 5) is 0.968. The summed E-state index contributed by atoms with van der Waals surface area (Å²) in [5, 5.41) is 12.7. The summed E-state index contributed by atoms with van der Waals surface area (Å²) in [5.74, 6) is 0.175. The van der Waals surface area contributed by atoms with Crippen molar-refractivity contribution in [1.82, 2.24) is 9.78 Å². The molecule has 3 N–H and O–H groups in total. The van der Waals surface area contributed by atoms with Crippen LogP contribution in [-0.2, 0) is 7.05 Å². The SMILES string of the molecule is Cc1nn(C)c(N(CCO)CC(F)(F)F)c1N. The molecule has 5 nitrogen and oxygen atoms in total. The Kier molecular flexibility index (Phi) is 3.87. The maximum atomic E-state index is 12.4. The second-order valence-electron chi connectivity index (χ2n) is 3.71. The highest BCUT2D eigenvalue weighted by Gasteiger charge is 2.32. The third-order valence-corrected chi connectivity index (χ3v) is 2.28. The third-order valence-electron chi connectivity index (χ3n) is 2.28. The first-order valence-corrected chi connectivity index (χ1v) is 4.98. The van der Waals surface area contributed by atoms with Gasteiger partial charge >= 0.3 is 6.18 Å². The molecule has 0 saturated heterocycles. The van der Waals surface area contributed by atoms with E-state index in [-0.39, 0.29) is 24.7 Å². The highest BCUT2D eigenvalue weighted by atomic mass is 19.4. The van der Waals surface area contributed by atoms with Gasteiger partial charge in [-0.05, 0) is 6.92 Å². The van der Waals surface area contributed by atoms with Crippen LogP contribution in [0, 0.1) is 6.92 Å². The fraction of sp³-hybridized carbons (Fsp3) is 0.667. The molecule has 0 amide bonds. The van der Waals surface area contributed by atoms with E-state index in [1.807, 2.05) is 0 Å². The lowest BCUT2D eigenvalue weighted by Crippen LogP contribution is -2.37. The molecule has 1 aromatic heterocycles. The molecule has 1 rings (SSSR count). The van der Waals surface area contributed by atoms with Crippen LogP contribution in [0.5, 0.6) is 0 Å². The summed E-state index contributed by atoms with van der Waals surface area (Å²) < 4.78 is 38.5. The molecule has 1 heterocycles. The Labute approximate surface area is 96.6 Å². The lowest BCUT2D eigenvalue weighted by molar-refractivity contribution is -0.120. The Morgan fingerprint density at radius 3 is 2.41 bits per heavy atom. The van der Waals surface area contributed by atoms with E-state index in [1.54, 1.807) is 6.92 Å². The molecule has 0 aliphatic heterocycles. The topological polar surface area (TPSA) is 67.3 Å². The molecule has 0 aliphatic carbocycles. The fourth-order valence-electron chi connectivity index (χ4n) is 1.63. The summed E-state index contributed by atoms with van der Waals surface area (Å²) in [6.07, 6.45) is -4.36. The molecule has 17 heavy (non-hydrogen) atoms. The van der Waals surface area contributed by atoms with Gasteiger partial charge in [0.05, 0.1) is 18.0 Å². The van der Waals surface area contributed by atoms with Crippen LogP contribution >= 0.6 is 0 Å². The molecule has 8 heteroatoms. The Bertz CT molecular complexity index is 388. The predicted octanol–water partition coefficient (Wildman–Crippen LogP) is 0.672. The van der Waals surface area contributed by atoms with Gasteiger partial charge < -0.3 is 15.7 Å². The van der Waals surface area contributed by atoms with E-state index < -0.39 is 12.7 Å². The van der Waals surface area contributed by atoms with E-state index in [0.29, 0.717) is 5.69 Å². The van der Waals surface area contributed by atoms with Crippen LogP contribution in [0.4, 0.5) is 24.7 Å². The van der Waals surface area contributed by atoms with Crippen molar-refractivity contribution in [2.45, 2.75) is 13.1 Å². The van der Waals surface area contributed by atoms with Crippen molar-refractivity contribution >= 4 is 11.5 Å². The van der Waals surface area contributed by atoms with E-state index in [1.165, 1.54) is 11.7 Å². The Morgan fingerprint density at radius 2 is 2.06 bits per heavy atom. The number of halogens is 3. The van der Waals surface area contributed by atoms with E-state index in [2.05, 4.69) is 5.10 Å². The number of anilines is 2. The number of hydrogen-bond donors (Lipinski definition) is 2. The molecular weight excluding hydrogens is 237 g/mol. The van der Waals surface area contributed by atoms with Crippen molar-refractivity contribution < 1.29 is 18.3 Å². The van der Waals surface area contributed by atoms with Crippen LogP contribution < -0.4 is 10.6 Å². The zero-order valence-corrected chi connectivity index (χ0v) is 9.62. The summed E-state index contributed by atoms with van der Waals surface area (Å²) in [7, 11) is 1.51. The van der Waals surface area contributed by atoms with Crippen molar-refractivity contribution in [1.29, 1.82) is 0 Å². The fourth-order valence-corrected chi connectivity index (χ4v) is 1.63. The number of alkyl halides is 3. The standard InChI is InChI=1S/C9H15F3N4O/c1-6-7(13)8(15(2)14-6)16(3-4-17)5-9(10,11)12/h17H,3-5,13H2,1-2H3. The second-order valence-corrected chi connectivity index (χ2v) is 3.71. The van der Waals surface area contributed by atoms with E-state index >= 15 is 0 Å².